The van der Waals surface area contributed by atoms with Crippen molar-refractivity contribution < 1.29 is 0 Å². The Hall–Kier alpha value is 0.650. The van der Waals surface area contributed by atoms with Crippen LogP contribution in [0.25, 0.3) is 0 Å². The van der Waals surface area contributed by atoms with Gasteiger partial charge < -0.3 is 0 Å². The van der Waals surface area contributed by atoms with Gasteiger partial charge >= 0.3 is 0 Å². The Morgan fingerprint density at radius 3 is 2.71 bits per heavy atom. The lowest BCUT2D eigenvalue weighted by Crippen LogP contribution is -1.66. The molecule has 1 aliphatic rings. The molecule has 1 aliphatic heterocycles. The first-order valence-electron chi connectivity index (χ1n) is 2.39. The molecule has 0 saturated heterocycles. The molecule has 0 fully saturated rings. The molecule has 2 heteroatoms. The molecule has 40 valence electrons. The van der Waals surface area contributed by atoms with E-state index in [2.05, 4.69) is 28.2 Å². The van der Waals surface area contributed by atoms with Gasteiger partial charge in [0.1, 0.15) is 0 Å². The highest BCUT2D eigenvalue weighted by Crippen LogP contribution is 2.52. The van der Waals surface area contributed by atoms with Crippen molar-refractivity contribution in [2.45, 2.75) is 13.3 Å². The number of halogens is 1. The molecule has 0 nitrogen and oxygen atoms in total. The van der Waals surface area contributed by atoms with Gasteiger partial charge in [0.15, 0.2) is 0 Å². The Balaban J connectivity index is 2.50. The van der Waals surface area contributed by atoms with Crippen molar-refractivity contribution in [1.29, 1.82) is 0 Å². The largest absolute Gasteiger partial charge is 0.0717 e. The molecule has 7 heavy (non-hydrogen) atoms. The summed E-state index contributed by atoms with van der Waals surface area (Å²) in [5.41, 5.74) is 1.56. The Kier molecular flexibility index (Phi) is 1.88. The molecule has 0 aliphatic carbocycles. The summed E-state index contributed by atoms with van der Waals surface area (Å²) in [6.07, 6.45) is 2.68. The minimum atomic E-state index is 0.146. The van der Waals surface area contributed by atoms with Gasteiger partial charge in [-0.05, 0) is 26.1 Å². The van der Waals surface area contributed by atoms with E-state index in [-0.39, 0.29) is 6.62 Å². The average Bonchev–Trinajstić information content (AvgIpc) is 1.87. The van der Waals surface area contributed by atoms with Crippen LogP contribution in [0.3, 0.4) is 0 Å². The first kappa shape index (κ1) is 5.78. The quantitative estimate of drug-likeness (QED) is 0.501. The van der Waals surface area contributed by atoms with Gasteiger partial charge in [0.25, 0.3) is 0 Å². The van der Waals surface area contributed by atoms with Gasteiger partial charge in [0, 0.05) is 0 Å². The molecule has 1 rings (SSSR count). The third kappa shape index (κ3) is 1.54. The molecule has 0 spiro atoms. The van der Waals surface area contributed by atoms with Gasteiger partial charge in [-0.3, -0.25) is 0 Å². The van der Waals surface area contributed by atoms with E-state index in [0.717, 1.165) is 0 Å². The third-order valence-electron chi connectivity index (χ3n) is 1.08. The number of hydrogen-bond acceptors (Lipinski definition) is 0. The van der Waals surface area contributed by atoms with Crippen LogP contribution in [0.15, 0.2) is 11.4 Å². The summed E-state index contributed by atoms with van der Waals surface area (Å²) in [6.45, 7) is 2.34. The van der Waals surface area contributed by atoms with Crippen LogP contribution in [0.1, 0.15) is 13.3 Å². The topological polar surface area (TPSA) is 0 Å². The fraction of sp³-hybridized carbons (Fsp3) is 0.600. The maximum absolute atomic E-state index is 3.57. The Morgan fingerprint density at radius 1 is 1.86 bits per heavy atom. The normalized spacial score (nSPS) is 30.6. The molecule has 1 unspecified atom stereocenters. The fourth-order valence-corrected chi connectivity index (χ4v) is 3.53. The summed E-state index contributed by atoms with van der Waals surface area (Å²) in [4.78, 5) is 0. The van der Waals surface area contributed by atoms with E-state index in [1.165, 1.54) is 12.6 Å². The van der Waals surface area contributed by atoms with Crippen LogP contribution in [0.2, 0.25) is 0 Å². The highest BCUT2D eigenvalue weighted by Gasteiger charge is 2.07. The van der Waals surface area contributed by atoms with Crippen LogP contribution in [0.4, 0.5) is 0 Å². The molecule has 0 N–H and O–H groups in total. The van der Waals surface area contributed by atoms with Crippen LogP contribution in [-0.2, 0) is 0 Å². The Bertz CT molecular complexity index is 98.3. The van der Waals surface area contributed by atoms with E-state index in [9.17, 15) is 0 Å². The van der Waals surface area contributed by atoms with E-state index < -0.39 is 0 Å². The zero-order valence-electron chi connectivity index (χ0n) is 4.32. The van der Waals surface area contributed by atoms with Gasteiger partial charge in [0.05, 0.1) is 0 Å². The molecule has 0 aromatic carbocycles. The lowest BCUT2D eigenvalue weighted by molar-refractivity contribution is 1.14. The second-order valence-electron chi connectivity index (χ2n) is 1.85. The molecular formula is C5H8BrP. The van der Waals surface area contributed by atoms with E-state index >= 15 is 0 Å². The van der Waals surface area contributed by atoms with Crippen LogP contribution in [-0.4, -0.2) is 6.16 Å². The summed E-state index contributed by atoms with van der Waals surface area (Å²) in [5.74, 6) is 2.34. The SMILES string of the molecule is CC1=CP(Br)CC1. The van der Waals surface area contributed by atoms with Gasteiger partial charge in [-0.15, -0.1) is 0 Å². The molecule has 0 bridgehead atoms. The van der Waals surface area contributed by atoms with Crippen molar-refractivity contribution in [2.24, 2.45) is 0 Å². The van der Waals surface area contributed by atoms with Crippen molar-refractivity contribution in [3.63, 3.8) is 0 Å². The van der Waals surface area contributed by atoms with Crippen molar-refractivity contribution in [3.8, 4) is 0 Å². The molecular weight excluding hydrogens is 171 g/mol. The second kappa shape index (κ2) is 2.28. The summed E-state index contributed by atoms with van der Waals surface area (Å²) in [6, 6.07) is 0. The summed E-state index contributed by atoms with van der Waals surface area (Å²) < 4.78 is 0. The predicted molar refractivity (Wildman–Crippen MR) is 39.1 cm³/mol. The second-order valence-corrected chi connectivity index (χ2v) is 6.09. The van der Waals surface area contributed by atoms with Gasteiger partial charge in [-0.1, -0.05) is 26.9 Å². The lowest BCUT2D eigenvalue weighted by atomic mass is 10.3. The monoisotopic (exact) mass is 178 g/mol. The fourth-order valence-electron chi connectivity index (χ4n) is 0.651. The Morgan fingerprint density at radius 2 is 2.57 bits per heavy atom. The third-order valence-corrected chi connectivity index (χ3v) is 4.13. The standard InChI is InChI=1S/C5H8BrP/c1-5-2-3-7(6)4-5/h4H,2-3H2,1H3. The van der Waals surface area contributed by atoms with Crippen molar-refractivity contribution in [3.05, 3.63) is 11.4 Å². The molecule has 0 saturated carbocycles. The van der Waals surface area contributed by atoms with Crippen LogP contribution < -0.4 is 0 Å². The van der Waals surface area contributed by atoms with Gasteiger partial charge in [0.2, 0.25) is 0 Å². The molecule has 0 amide bonds. The van der Waals surface area contributed by atoms with Crippen molar-refractivity contribution in [1.82, 2.24) is 0 Å². The van der Waals surface area contributed by atoms with E-state index in [0.29, 0.717) is 0 Å². The minimum absolute atomic E-state index is 0.146. The summed E-state index contributed by atoms with van der Waals surface area (Å²) in [5, 5.41) is 0. The van der Waals surface area contributed by atoms with E-state index in [1.807, 2.05) is 0 Å². The summed E-state index contributed by atoms with van der Waals surface area (Å²) >= 11 is 3.57. The number of allylic oxidation sites excluding steroid dienone is 1. The first-order valence-corrected chi connectivity index (χ1v) is 6.00. The van der Waals surface area contributed by atoms with E-state index in [4.69, 9.17) is 0 Å². The van der Waals surface area contributed by atoms with Crippen LogP contribution in [0, 0.1) is 0 Å². The van der Waals surface area contributed by atoms with Crippen LogP contribution >= 0.6 is 22.1 Å². The lowest BCUT2D eigenvalue weighted by Gasteiger charge is -1.87. The number of hydrogen-bond donors (Lipinski definition) is 0. The summed E-state index contributed by atoms with van der Waals surface area (Å²) in [7, 11) is 0. The van der Waals surface area contributed by atoms with Crippen molar-refractivity contribution >= 4 is 22.1 Å². The highest BCUT2D eigenvalue weighted by molar-refractivity contribution is 9.39. The molecule has 0 aromatic heterocycles. The van der Waals surface area contributed by atoms with Gasteiger partial charge in [-0.2, -0.15) is 0 Å². The zero-order chi connectivity index (χ0) is 5.28. The minimum Gasteiger partial charge on any atom is -0.0717 e. The average molecular weight is 179 g/mol. The molecule has 1 heterocycles. The van der Waals surface area contributed by atoms with Gasteiger partial charge in [-0.25, -0.2) is 0 Å². The molecule has 0 radical (unpaired) electrons. The zero-order valence-corrected chi connectivity index (χ0v) is 6.80. The first-order chi connectivity index (χ1) is 3.29. The Labute approximate surface area is 53.5 Å². The van der Waals surface area contributed by atoms with Crippen molar-refractivity contribution in [2.75, 3.05) is 6.16 Å². The predicted octanol–water partition coefficient (Wildman–Crippen LogP) is 3.09. The maximum Gasteiger partial charge on any atom is -0.0117 e. The highest BCUT2D eigenvalue weighted by atomic mass is 79.9. The maximum atomic E-state index is 3.57. The number of rotatable bonds is 0. The smallest absolute Gasteiger partial charge is 0.0117 e. The molecule has 0 aromatic rings. The van der Waals surface area contributed by atoms with E-state index in [1.54, 1.807) is 5.57 Å². The molecule has 1 atom stereocenters. The van der Waals surface area contributed by atoms with Crippen LogP contribution in [0.5, 0.6) is 0 Å².